The van der Waals surface area contributed by atoms with E-state index in [1.807, 2.05) is 13.8 Å². The van der Waals surface area contributed by atoms with Crippen LogP contribution in [0.5, 0.6) is 0 Å². The number of benzene rings is 1. The minimum Gasteiger partial charge on any atom is -0.425 e. The van der Waals surface area contributed by atoms with E-state index in [-0.39, 0.29) is 5.56 Å². The van der Waals surface area contributed by atoms with E-state index in [2.05, 4.69) is 35.3 Å². The molecule has 0 radical (unpaired) electrons. The Kier molecular flexibility index (Phi) is 5.22. The van der Waals surface area contributed by atoms with Gasteiger partial charge in [0.1, 0.15) is 4.83 Å². The topological polar surface area (TPSA) is 73.8 Å². The fraction of sp³-hybridized carbons (Fsp3) is 0.391. The van der Waals surface area contributed by atoms with Crippen LogP contribution in [0.3, 0.4) is 0 Å². The normalized spacial score (nSPS) is 16.1. The van der Waals surface area contributed by atoms with Crippen molar-refractivity contribution in [3.63, 3.8) is 0 Å². The molecule has 1 unspecified atom stereocenters. The molecule has 0 N–H and O–H groups in total. The molecule has 0 saturated heterocycles. The summed E-state index contributed by atoms with van der Waals surface area (Å²) in [6.45, 7) is 8.13. The summed E-state index contributed by atoms with van der Waals surface area (Å²) in [5, 5.41) is 9.46. The van der Waals surface area contributed by atoms with Crippen LogP contribution < -0.4 is 5.56 Å². The van der Waals surface area contributed by atoms with Crippen molar-refractivity contribution in [2.45, 2.75) is 57.9 Å². The molecule has 6 nitrogen and oxygen atoms in total. The number of thiophene rings is 1. The van der Waals surface area contributed by atoms with Crippen LogP contribution in [0, 0.1) is 26.7 Å². The molecule has 0 aliphatic heterocycles. The zero-order valence-corrected chi connectivity index (χ0v) is 19.7. The zero-order chi connectivity index (χ0) is 21.7. The van der Waals surface area contributed by atoms with Gasteiger partial charge in [0.15, 0.2) is 5.16 Å². The Hall–Kier alpha value is -2.45. The Labute approximate surface area is 188 Å². The average molecular weight is 453 g/mol. The summed E-state index contributed by atoms with van der Waals surface area (Å²) in [7, 11) is 0. The first kappa shape index (κ1) is 20.5. The molecule has 0 spiro atoms. The number of fused-ring (bicyclic) bond motifs is 3. The van der Waals surface area contributed by atoms with Crippen LogP contribution >= 0.6 is 23.1 Å². The third-order valence-electron chi connectivity index (χ3n) is 5.80. The van der Waals surface area contributed by atoms with Gasteiger partial charge in [-0.1, -0.05) is 30.8 Å². The maximum Gasteiger partial charge on any atom is 0.267 e. The Bertz CT molecular complexity index is 1350. The second kappa shape index (κ2) is 7.91. The maximum absolute atomic E-state index is 13.9. The molecule has 1 aromatic carbocycles. The van der Waals surface area contributed by atoms with Crippen LogP contribution in [0.1, 0.15) is 46.7 Å². The summed E-state index contributed by atoms with van der Waals surface area (Å²) < 4.78 is 7.32. The lowest BCUT2D eigenvalue weighted by Gasteiger charge is -2.18. The standard InChI is InChI=1S/C23H24N4O2S2/c1-12-5-7-14(3)17(9-12)27-22(28)20-16-8-6-13(2)10-18(16)31-21(20)24-23(27)30-11-19-26-25-15(4)29-19/h5,7,9,13H,6,8,10-11H2,1-4H3. The predicted molar refractivity (Wildman–Crippen MR) is 124 cm³/mol. The molecule has 8 heteroatoms. The number of rotatable bonds is 4. The number of hydrogen-bond acceptors (Lipinski definition) is 7. The average Bonchev–Trinajstić information content (AvgIpc) is 3.31. The van der Waals surface area contributed by atoms with Crippen molar-refractivity contribution in [3.8, 4) is 5.69 Å². The molecule has 0 saturated carbocycles. The first-order chi connectivity index (χ1) is 14.9. The second-order valence-electron chi connectivity index (χ2n) is 8.36. The zero-order valence-electron chi connectivity index (χ0n) is 18.1. The van der Waals surface area contributed by atoms with E-state index >= 15 is 0 Å². The molecule has 0 amide bonds. The Morgan fingerprint density at radius 2 is 2.10 bits per heavy atom. The Morgan fingerprint density at radius 3 is 2.87 bits per heavy atom. The molecule has 5 rings (SSSR count). The summed E-state index contributed by atoms with van der Waals surface area (Å²) >= 11 is 3.14. The maximum atomic E-state index is 13.9. The summed E-state index contributed by atoms with van der Waals surface area (Å²) in [6, 6.07) is 6.19. The monoisotopic (exact) mass is 452 g/mol. The van der Waals surface area contributed by atoms with Crippen molar-refractivity contribution in [3.05, 3.63) is 61.9 Å². The van der Waals surface area contributed by atoms with Crippen molar-refractivity contribution in [2.24, 2.45) is 5.92 Å². The fourth-order valence-corrected chi connectivity index (χ4v) is 6.43. The summed E-state index contributed by atoms with van der Waals surface area (Å²) in [4.78, 5) is 21.1. The van der Waals surface area contributed by atoms with E-state index in [9.17, 15) is 4.79 Å². The molecule has 1 aliphatic rings. The molecule has 160 valence electrons. The van der Waals surface area contributed by atoms with E-state index in [0.717, 1.165) is 46.3 Å². The first-order valence-electron chi connectivity index (χ1n) is 10.5. The van der Waals surface area contributed by atoms with Crippen LogP contribution in [-0.4, -0.2) is 19.7 Å². The van der Waals surface area contributed by atoms with Gasteiger partial charge in [-0.3, -0.25) is 9.36 Å². The van der Waals surface area contributed by atoms with Gasteiger partial charge in [0.2, 0.25) is 11.8 Å². The molecule has 0 bridgehead atoms. The van der Waals surface area contributed by atoms with Gasteiger partial charge in [-0.15, -0.1) is 21.5 Å². The molecular weight excluding hydrogens is 428 g/mol. The molecule has 0 fully saturated rings. The largest absolute Gasteiger partial charge is 0.425 e. The van der Waals surface area contributed by atoms with E-state index < -0.39 is 0 Å². The van der Waals surface area contributed by atoms with Crippen molar-refractivity contribution >= 4 is 33.3 Å². The number of thioether (sulfide) groups is 1. The smallest absolute Gasteiger partial charge is 0.267 e. The molecule has 3 aromatic heterocycles. The van der Waals surface area contributed by atoms with E-state index in [1.165, 1.54) is 22.2 Å². The highest BCUT2D eigenvalue weighted by Gasteiger charge is 2.25. The lowest BCUT2D eigenvalue weighted by molar-refractivity contribution is 0.485. The molecule has 1 atom stereocenters. The Morgan fingerprint density at radius 1 is 1.26 bits per heavy atom. The third kappa shape index (κ3) is 3.72. The highest BCUT2D eigenvalue weighted by atomic mass is 32.2. The summed E-state index contributed by atoms with van der Waals surface area (Å²) in [6.07, 6.45) is 3.10. The lowest BCUT2D eigenvalue weighted by Crippen LogP contribution is -2.23. The SMILES string of the molecule is Cc1ccc(C)c(-n2c(SCc3nnc(C)o3)nc3sc4c(c3c2=O)CCC(C)C4)c1. The third-order valence-corrected chi connectivity index (χ3v) is 7.87. The summed E-state index contributed by atoms with van der Waals surface area (Å²) in [5.41, 5.74) is 4.26. The molecular formula is C23H24N4O2S2. The van der Waals surface area contributed by atoms with Gasteiger partial charge < -0.3 is 4.42 Å². The molecule has 3 heterocycles. The molecule has 4 aromatic rings. The quantitative estimate of drug-likeness (QED) is 0.314. The number of nitrogens with zero attached hydrogens (tertiary/aromatic N) is 4. The highest BCUT2D eigenvalue weighted by Crippen LogP contribution is 2.37. The van der Waals surface area contributed by atoms with Crippen LogP contribution in [0.4, 0.5) is 0 Å². The van der Waals surface area contributed by atoms with Gasteiger partial charge in [-0.05, 0) is 61.8 Å². The van der Waals surface area contributed by atoms with Crippen LogP contribution in [-0.2, 0) is 18.6 Å². The van der Waals surface area contributed by atoms with Crippen molar-refractivity contribution < 1.29 is 4.42 Å². The van der Waals surface area contributed by atoms with Crippen LogP contribution in [0.15, 0.2) is 32.6 Å². The van der Waals surface area contributed by atoms with Crippen molar-refractivity contribution in [2.75, 3.05) is 0 Å². The van der Waals surface area contributed by atoms with Crippen molar-refractivity contribution in [1.82, 2.24) is 19.7 Å². The number of aromatic nitrogens is 4. The first-order valence-corrected chi connectivity index (χ1v) is 12.3. The molecule has 1 aliphatic carbocycles. The number of hydrogen-bond donors (Lipinski definition) is 0. The van der Waals surface area contributed by atoms with Gasteiger partial charge in [0, 0.05) is 11.8 Å². The minimum atomic E-state index is 0.0231. The van der Waals surface area contributed by atoms with E-state index in [4.69, 9.17) is 9.40 Å². The molecule has 31 heavy (non-hydrogen) atoms. The highest BCUT2D eigenvalue weighted by molar-refractivity contribution is 7.98. The Balaban J connectivity index is 1.71. The van der Waals surface area contributed by atoms with Gasteiger partial charge >= 0.3 is 0 Å². The lowest BCUT2D eigenvalue weighted by atomic mass is 9.89. The summed E-state index contributed by atoms with van der Waals surface area (Å²) in [5.74, 6) is 2.18. The predicted octanol–water partition coefficient (Wildman–Crippen LogP) is 5.17. The van der Waals surface area contributed by atoms with E-state index in [0.29, 0.717) is 28.6 Å². The van der Waals surface area contributed by atoms with Gasteiger partial charge in [-0.2, -0.15) is 0 Å². The van der Waals surface area contributed by atoms with Crippen molar-refractivity contribution in [1.29, 1.82) is 0 Å². The van der Waals surface area contributed by atoms with Gasteiger partial charge in [0.25, 0.3) is 5.56 Å². The fourth-order valence-electron chi connectivity index (χ4n) is 4.16. The van der Waals surface area contributed by atoms with E-state index in [1.54, 1.807) is 22.8 Å². The van der Waals surface area contributed by atoms with Gasteiger partial charge in [-0.25, -0.2) is 4.98 Å². The van der Waals surface area contributed by atoms with Crippen LogP contribution in [0.2, 0.25) is 0 Å². The minimum absolute atomic E-state index is 0.0231. The van der Waals surface area contributed by atoms with Crippen LogP contribution in [0.25, 0.3) is 15.9 Å². The van der Waals surface area contributed by atoms with Gasteiger partial charge in [0.05, 0.1) is 16.8 Å². The second-order valence-corrected chi connectivity index (χ2v) is 10.4. The number of aryl methyl sites for hydroxylation is 4.